The summed E-state index contributed by atoms with van der Waals surface area (Å²) in [6, 6.07) is 7.21. The Morgan fingerprint density at radius 1 is 1.40 bits per heavy atom. The first kappa shape index (κ1) is 11.3. The van der Waals surface area contributed by atoms with Gasteiger partial charge in [-0.1, -0.05) is 25.1 Å². The predicted octanol–water partition coefficient (Wildman–Crippen LogP) is 1.24. The lowest BCUT2D eigenvalue weighted by molar-refractivity contribution is -0.297. The van der Waals surface area contributed by atoms with Crippen molar-refractivity contribution >= 4 is 12.0 Å². The van der Waals surface area contributed by atoms with Crippen LogP contribution in [0.4, 0.5) is 0 Å². The number of hydrogen-bond donors (Lipinski definition) is 0. The van der Waals surface area contributed by atoms with Gasteiger partial charge in [-0.3, -0.25) is 0 Å². The standard InChI is InChI=1S/C12H14O3/c1-2-9-15-11-6-3-10(4-7-11)5-8-12(13)14/h3-8H,2,9H2,1H3,(H,13,14)/p-1/b8-5+. The molecule has 3 nitrogen and oxygen atoms in total. The van der Waals surface area contributed by atoms with Crippen LogP contribution in [0, 0.1) is 0 Å². The van der Waals surface area contributed by atoms with E-state index < -0.39 is 5.97 Å². The summed E-state index contributed by atoms with van der Waals surface area (Å²) < 4.78 is 5.38. The van der Waals surface area contributed by atoms with Gasteiger partial charge in [0.05, 0.1) is 12.6 Å². The fourth-order valence-electron chi connectivity index (χ4n) is 1.06. The topological polar surface area (TPSA) is 49.4 Å². The van der Waals surface area contributed by atoms with Crippen LogP contribution in [0.2, 0.25) is 0 Å². The molecule has 1 rings (SSSR count). The van der Waals surface area contributed by atoms with Gasteiger partial charge in [-0.05, 0) is 30.2 Å². The summed E-state index contributed by atoms with van der Waals surface area (Å²) in [5, 5.41) is 10.2. The summed E-state index contributed by atoms with van der Waals surface area (Å²) in [6.07, 6.45) is 3.45. The third kappa shape index (κ3) is 4.31. The number of carbonyl (C=O) groups is 1. The minimum absolute atomic E-state index is 0.689. The van der Waals surface area contributed by atoms with E-state index >= 15 is 0 Å². The first-order valence-electron chi connectivity index (χ1n) is 4.84. The number of carboxylic acid groups (broad SMARTS) is 1. The molecule has 0 aliphatic heterocycles. The van der Waals surface area contributed by atoms with Crippen LogP contribution in [0.15, 0.2) is 30.3 Å². The highest BCUT2D eigenvalue weighted by atomic mass is 16.5. The molecule has 0 fully saturated rings. The lowest BCUT2D eigenvalue weighted by atomic mass is 10.2. The second kappa shape index (κ2) is 5.86. The number of carbonyl (C=O) groups excluding carboxylic acids is 1. The van der Waals surface area contributed by atoms with Crippen LogP contribution in [0.1, 0.15) is 18.9 Å². The molecule has 0 aromatic heterocycles. The first-order chi connectivity index (χ1) is 7.22. The molecule has 0 bridgehead atoms. The summed E-state index contributed by atoms with van der Waals surface area (Å²) in [5.74, 6) is -0.399. The summed E-state index contributed by atoms with van der Waals surface area (Å²) in [7, 11) is 0. The quantitative estimate of drug-likeness (QED) is 0.679. The SMILES string of the molecule is CCCOc1ccc(/C=C/C(=O)[O-])cc1. The van der Waals surface area contributed by atoms with Crippen molar-refractivity contribution in [3.63, 3.8) is 0 Å². The van der Waals surface area contributed by atoms with Gasteiger partial charge in [-0.15, -0.1) is 0 Å². The number of ether oxygens (including phenoxy) is 1. The van der Waals surface area contributed by atoms with Crippen molar-refractivity contribution in [3.8, 4) is 5.75 Å². The second-order valence-electron chi connectivity index (χ2n) is 3.07. The molecular weight excluding hydrogens is 192 g/mol. The lowest BCUT2D eigenvalue weighted by Gasteiger charge is -2.03. The van der Waals surface area contributed by atoms with Crippen molar-refractivity contribution in [2.24, 2.45) is 0 Å². The van der Waals surface area contributed by atoms with E-state index in [1.807, 2.05) is 19.1 Å². The van der Waals surface area contributed by atoms with E-state index in [-0.39, 0.29) is 0 Å². The van der Waals surface area contributed by atoms with Crippen molar-refractivity contribution in [2.45, 2.75) is 13.3 Å². The molecule has 0 heterocycles. The summed E-state index contributed by atoms with van der Waals surface area (Å²) in [5.41, 5.74) is 0.808. The van der Waals surface area contributed by atoms with Crippen molar-refractivity contribution in [1.29, 1.82) is 0 Å². The third-order valence-corrected chi connectivity index (χ3v) is 1.76. The number of hydrogen-bond acceptors (Lipinski definition) is 3. The minimum atomic E-state index is -1.19. The number of carboxylic acids is 1. The average Bonchev–Trinajstić information content (AvgIpc) is 2.25. The van der Waals surface area contributed by atoms with Crippen LogP contribution in [0.25, 0.3) is 6.08 Å². The van der Waals surface area contributed by atoms with Crippen LogP contribution in [-0.2, 0) is 4.79 Å². The Labute approximate surface area is 89.0 Å². The zero-order valence-corrected chi connectivity index (χ0v) is 8.60. The normalized spacial score (nSPS) is 10.5. The maximum absolute atomic E-state index is 10.2. The van der Waals surface area contributed by atoms with Crippen LogP contribution in [0.3, 0.4) is 0 Å². The van der Waals surface area contributed by atoms with Gasteiger partial charge >= 0.3 is 0 Å². The van der Waals surface area contributed by atoms with Crippen molar-refractivity contribution < 1.29 is 14.6 Å². The molecular formula is C12H13O3-. The molecule has 0 aliphatic carbocycles. The van der Waals surface area contributed by atoms with Gasteiger partial charge < -0.3 is 14.6 Å². The zero-order valence-electron chi connectivity index (χ0n) is 8.60. The molecule has 0 radical (unpaired) electrons. The Morgan fingerprint density at radius 3 is 2.60 bits per heavy atom. The van der Waals surface area contributed by atoms with Gasteiger partial charge in [-0.25, -0.2) is 0 Å². The van der Waals surface area contributed by atoms with E-state index in [1.54, 1.807) is 12.1 Å². The molecule has 1 aromatic carbocycles. The van der Waals surface area contributed by atoms with E-state index in [9.17, 15) is 9.90 Å². The Hall–Kier alpha value is -1.77. The Morgan fingerprint density at radius 2 is 2.07 bits per heavy atom. The van der Waals surface area contributed by atoms with E-state index in [1.165, 1.54) is 6.08 Å². The highest BCUT2D eigenvalue weighted by Crippen LogP contribution is 2.13. The maximum Gasteiger partial charge on any atom is 0.119 e. The van der Waals surface area contributed by atoms with Gasteiger partial charge in [0.2, 0.25) is 0 Å². The molecule has 0 amide bonds. The summed E-state index contributed by atoms with van der Waals surface area (Å²) >= 11 is 0. The number of benzene rings is 1. The fourth-order valence-corrected chi connectivity index (χ4v) is 1.06. The van der Waals surface area contributed by atoms with Gasteiger partial charge in [0, 0.05) is 0 Å². The van der Waals surface area contributed by atoms with Gasteiger partial charge in [0.1, 0.15) is 5.75 Å². The highest BCUT2D eigenvalue weighted by molar-refractivity contribution is 5.83. The molecule has 0 unspecified atom stereocenters. The monoisotopic (exact) mass is 205 g/mol. The summed E-state index contributed by atoms with van der Waals surface area (Å²) in [4.78, 5) is 10.2. The molecule has 0 N–H and O–H groups in total. The van der Waals surface area contributed by atoms with Crippen molar-refractivity contribution in [3.05, 3.63) is 35.9 Å². The average molecular weight is 205 g/mol. The van der Waals surface area contributed by atoms with Crippen molar-refractivity contribution in [1.82, 2.24) is 0 Å². The van der Waals surface area contributed by atoms with E-state index in [0.717, 1.165) is 23.8 Å². The maximum atomic E-state index is 10.2. The van der Waals surface area contributed by atoms with Gasteiger partial charge in [0.25, 0.3) is 0 Å². The molecule has 15 heavy (non-hydrogen) atoms. The number of rotatable bonds is 5. The molecule has 0 aliphatic rings. The van der Waals surface area contributed by atoms with Gasteiger partial charge in [-0.2, -0.15) is 0 Å². The van der Waals surface area contributed by atoms with E-state index in [4.69, 9.17) is 4.74 Å². The predicted molar refractivity (Wildman–Crippen MR) is 56.3 cm³/mol. The molecule has 0 saturated heterocycles. The van der Waals surface area contributed by atoms with Crippen LogP contribution in [0.5, 0.6) is 5.75 Å². The summed E-state index contributed by atoms with van der Waals surface area (Å²) in [6.45, 7) is 2.73. The fraction of sp³-hybridized carbons (Fsp3) is 0.250. The molecule has 0 spiro atoms. The van der Waals surface area contributed by atoms with Crippen molar-refractivity contribution in [2.75, 3.05) is 6.61 Å². The Bertz CT molecular complexity index is 338. The molecule has 0 atom stereocenters. The van der Waals surface area contributed by atoms with E-state index in [0.29, 0.717) is 6.61 Å². The van der Waals surface area contributed by atoms with E-state index in [2.05, 4.69) is 0 Å². The third-order valence-electron chi connectivity index (χ3n) is 1.76. The second-order valence-corrected chi connectivity index (χ2v) is 3.07. The Kier molecular flexibility index (Phi) is 4.41. The zero-order chi connectivity index (χ0) is 11.1. The Balaban J connectivity index is 2.60. The smallest absolute Gasteiger partial charge is 0.119 e. The van der Waals surface area contributed by atoms with Gasteiger partial charge in [0.15, 0.2) is 0 Å². The molecule has 0 saturated carbocycles. The highest BCUT2D eigenvalue weighted by Gasteiger charge is 1.91. The minimum Gasteiger partial charge on any atom is -0.545 e. The molecule has 1 aromatic rings. The largest absolute Gasteiger partial charge is 0.545 e. The molecule has 80 valence electrons. The van der Waals surface area contributed by atoms with Crippen LogP contribution >= 0.6 is 0 Å². The van der Waals surface area contributed by atoms with Crippen LogP contribution < -0.4 is 9.84 Å². The first-order valence-corrected chi connectivity index (χ1v) is 4.84. The lowest BCUT2D eigenvalue weighted by Crippen LogP contribution is -2.18. The van der Waals surface area contributed by atoms with Crippen LogP contribution in [-0.4, -0.2) is 12.6 Å². The molecule has 3 heteroatoms. The number of aliphatic carboxylic acids is 1.